The quantitative estimate of drug-likeness (QED) is 0.930. The molecule has 1 aromatic carbocycles. The Morgan fingerprint density at radius 3 is 2.81 bits per heavy atom. The van der Waals surface area contributed by atoms with Crippen LogP contribution in [0.4, 0.5) is 0 Å². The second-order valence-corrected chi connectivity index (χ2v) is 4.67. The number of aliphatic hydroxyl groups excluding tert-OH is 1. The number of aliphatic hydroxyl groups is 1. The van der Waals surface area contributed by atoms with Gasteiger partial charge in [0.05, 0.1) is 17.4 Å². The lowest BCUT2D eigenvalue weighted by Crippen LogP contribution is -2.02. The van der Waals surface area contributed by atoms with E-state index >= 15 is 0 Å². The highest BCUT2D eigenvalue weighted by Gasteiger charge is 2.14. The summed E-state index contributed by atoms with van der Waals surface area (Å²) in [5.74, 6) is 0.739. The summed E-state index contributed by atoms with van der Waals surface area (Å²) in [4.78, 5) is 0. The van der Waals surface area contributed by atoms with E-state index in [2.05, 4.69) is 15.9 Å². The van der Waals surface area contributed by atoms with E-state index in [0.717, 1.165) is 10.2 Å². The van der Waals surface area contributed by atoms with Gasteiger partial charge in [-0.05, 0) is 34.1 Å². The maximum absolute atomic E-state index is 10.0. The molecule has 1 N–H and O–H groups in total. The van der Waals surface area contributed by atoms with Crippen LogP contribution in [0.1, 0.15) is 17.4 Å². The molecular weight excluding hydrogens is 291 g/mol. The number of benzene rings is 1. The average molecular weight is 302 g/mol. The third-order valence-electron chi connectivity index (χ3n) is 2.32. The summed E-state index contributed by atoms with van der Waals surface area (Å²) in [7, 11) is 0. The molecule has 0 radical (unpaired) electrons. The van der Waals surface area contributed by atoms with E-state index in [9.17, 15) is 5.11 Å². The van der Waals surface area contributed by atoms with Crippen LogP contribution in [0.5, 0.6) is 0 Å². The van der Waals surface area contributed by atoms with Crippen LogP contribution in [0.15, 0.2) is 45.5 Å². The van der Waals surface area contributed by atoms with Gasteiger partial charge in [0, 0.05) is 16.5 Å². The summed E-state index contributed by atoms with van der Waals surface area (Å²) < 4.78 is 5.96. The van der Waals surface area contributed by atoms with Gasteiger partial charge in [0.15, 0.2) is 0 Å². The van der Waals surface area contributed by atoms with Crippen LogP contribution >= 0.6 is 27.5 Å². The van der Waals surface area contributed by atoms with Gasteiger partial charge in [-0.1, -0.05) is 23.7 Å². The van der Waals surface area contributed by atoms with Gasteiger partial charge in [0.1, 0.15) is 5.76 Å². The molecule has 84 valence electrons. The van der Waals surface area contributed by atoms with Crippen molar-refractivity contribution in [2.45, 2.75) is 12.5 Å². The lowest BCUT2D eigenvalue weighted by molar-refractivity contribution is 0.170. The summed E-state index contributed by atoms with van der Waals surface area (Å²) >= 11 is 9.42. The molecule has 0 saturated carbocycles. The molecule has 1 aromatic heterocycles. The van der Waals surface area contributed by atoms with E-state index in [1.165, 1.54) is 0 Å². The van der Waals surface area contributed by atoms with Crippen molar-refractivity contribution in [1.82, 2.24) is 0 Å². The van der Waals surface area contributed by atoms with E-state index in [-0.39, 0.29) is 0 Å². The molecule has 0 saturated heterocycles. The molecule has 1 unspecified atom stereocenters. The Hall–Kier alpha value is -0.770. The molecule has 0 aliphatic carbocycles. The molecule has 1 heterocycles. The number of hydrogen-bond donors (Lipinski definition) is 1. The Kier molecular flexibility index (Phi) is 3.69. The van der Waals surface area contributed by atoms with Crippen LogP contribution in [-0.4, -0.2) is 5.11 Å². The standard InChI is InChI=1S/C12H10BrClO2/c13-10-5-1-4-9(12(10)14)11(15)7-8-3-2-6-16-8/h1-6,11,15H,7H2. The zero-order chi connectivity index (χ0) is 11.5. The van der Waals surface area contributed by atoms with Gasteiger partial charge in [0.2, 0.25) is 0 Å². The molecule has 0 bridgehead atoms. The highest BCUT2D eigenvalue weighted by molar-refractivity contribution is 9.10. The molecule has 0 aliphatic heterocycles. The van der Waals surface area contributed by atoms with Crippen LogP contribution in [0, 0.1) is 0 Å². The number of halogens is 2. The summed E-state index contributed by atoms with van der Waals surface area (Å²) in [5.41, 5.74) is 0.701. The number of rotatable bonds is 3. The second kappa shape index (κ2) is 5.04. The predicted molar refractivity (Wildman–Crippen MR) is 66.5 cm³/mol. The lowest BCUT2D eigenvalue weighted by atomic mass is 10.1. The first kappa shape index (κ1) is 11.7. The summed E-state index contributed by atoms with van der Waals surface area (Å²) in [5, 5.41) is 10.6. The van der Waals surface area contributed by atoms with Crippen molar-refractivity contribution in [3.05, 3.63) is 57.4 Å². The minimum atomic E-state index is -0.656. The van der Waals surface area contributed by atoms with Crippen LogP contribution in [0.25, 0.3) is 0 Å². The highest BCUT2D eigenvalue weighted by Crippen LogP contribution is 2.31. The minimum absolute atomic E-state index is 0.420. The fraction of sp³-hybridized carbons (Fsp3) is 0.167. The first-order valence-corrected chi connectivity index (χ1v) is 6.00. The molecule has 2 aromatic rings. The van der Waals surface area contributed by atoms with Crippen molar-refractivity contribution in [2.24, 2.45) is 0 Å². The number of furan rings is 1. The van der Waals surface area contributed by atoms with Gasteiger partial charge in [0.25, 0.3) is 0 Å². The summed E-state index contributed by atoms with van der Waals surface area (Å²) in [6.45, 7) is 0. The molecule has 0 amide bonds. The molecule has 0 aliphatic rings. The first-order valence-electron chi connectivity index (χ1n) is 4.83. The molecule has 16 heavy (non-hydrogen) atoms. The van der Waals surface area contributed by atoms with Crippen LogP contribution in [-0.2, 0) is 6.42 Å². The molecular formula is C12H10BrClO2. The van der Waals surface area contributed by atoms with Crippen LogP contribution in [0.3, 0.4) is 0 Å². The summed E-state index contributed by atoms with van der Waals surface area (Å²) in [6, 6.07) is 9.11. The molecule has 4 heteroatoms. The van der Waals surface area contributed by atoms with E-state index in [1.807, 2.05) is 18.2 Å². The van der Waals surface area contributed by atoms with E-state index in [1.54, 1.807) is 18.4 Å². The molecule has 0 fully saturated rings. The molecule has 2 nitrogen and oxygen atoms in total. The van der Waals surface area contributed by atoms with E-state index < -0.39 is 6.10 Å². The zero-order valence-electron chi connectivity index (χ0n) is 8.36. The monoisotopic (exact) mass is 300 g/mol. The third kappa shape index (κ3) is 2.48. The Labute approximate surface area is 107 Å². The Morgan fingerprint density at radius 2 is 2.12 bits per heavy atom. The zero-order valence-corrected chi connectivity index (χ0v) is 10.7. The average Bonchev–Trinajstić information content (AvgIpc) is 2.74. The Balaban J connectivity index is 2.21. The normalized spacial score (nSPS) is 12.7. The Bertz CT molecular complexity index is 468. The van der Waals surface area contributed by atoms with Crippen molar-refractivity contribution in [3.63, 3.8) is 0 Å². The van der Waals surface area contributed by atoms with Crippen molar-refractivity contribution < 1.29 is 9.52 Å². The van der Waals surface area contributed by atoms with Gasteiger partial charge < -0.3 is 9.52 Å². The second-order valence-electron chi connectivity index (χ2n) is 3.44. The van der Waals surface area contributed by atoms with Crippen molar-refractivity contribution in [2.75, 3.05) is 0 Å². The topological polar surface area (TPSA) is 33.4 Å². The van der Waals surface area contributed by atoms with Gasteiger partial charge >= 0.3 is 0 Å². The fourth-order valence-electron chi connectivity index (χ4n) is 1.51. The molecule has 2 rings (SSSR count). The van der Waals surface area contributed by atoms with Crippen molar-refractivity contribution in [1.29, 1.82) is 0 Å². The number of hydrogen-bond acceptors (Lipinski definition) is 2. The minimum Gasteiger partial charge on any atom is -0.469 e. The van der Waals surface area contributed by atoms with Crippen LogP contribution in [0.2, 0.25) is 5.02 Å². The fourth-order valence-corrected chi connectivity index (χ4v) is 2.14. The molecule has 1 atom stereocenters. The maximum Gasteiger partial charge on any atom is 0.106 e. The first-order chi connectivity index (χ1) is 7.68. The van der Waals surface area contributed by atoms with Gasteiger partial charge in [-0.3, -0.25) is 0 Å². The van der Waals surface area contributed by atoms with Crippen LogP contribution < -0.4 is 0 Å². The predicted octanol–water partition coefficient (Wildman–Crippen LogP) is 3.97. The van der Waals surface area contributed by atoms with Gasteiger partial charge in [-0.25, -0.2) is 0 Å². The Morgan fingerprint density at radius 1 is 1.31 bits per heavy atom. The van der Waals surface area contributed by atoms with E-state index in [4.69, 9.17) is 16.0 Å². The summed E-state index contributed by atoms with van der Waals surface area (Å²) in [6.07, 6.45) is 1.35. The van der Waals surface area contributed by atoms with E-state index in [0.29, 0.717) is 17.0 Å². The SMILES string of the molecule is OC(Cc1ccco1)c1cccc(Br)c1Cl. The smallest absolute Gasteiger partial charge is 0.106 e. The maximum atomic E-state index is 10.0. The molecule has 0 spiro atoms. The highest BCUT2D eigenvalue weighted by atomic mass is 79.9. The third-order valence-corrected chi connectivity index (χ3v) is 3.63. The van der Waals surface area contributed by atoms with Crippen molar-refractivity contribution >= 4 is 27.5 Å². The lowest BCUT2D eigenvalue weighted by Gasteiger charge is -2.12. The van der Waals surface area contributed by atoms with Crippen molar-refractivity contribution in [3.8, 4) is 0 Å². The van der Waals surface area contributed by atoms with Gasteiger partial charge in [-0.15, -0.1) is 0 Å². The largest absolute Gasteiger partial charge is 0.469 e. The van der Waals surface area contributed by atoms with Gasteiger partial charge in [-0.2, -0.15) is 0 Å².